The Hall–Kier alpha value is -1.03. The first-order valence-corrected chi connectivity index (χ1v) is 6.88. The van der Waals surface area contributed by atoms with Crippen LogP contribution in [-0.2, 0) is 9.53 Å². The molecular formula is C14H27NO3. The molecule has 0 aromatic carbocycles. The first kappa shape index (κ1) is 17.0. The topological polar surface area (TPSA) is 72.6 Å². The lowest BCUT2D eigenvalue weighted by Crippen LogP contribution is -2.05. The van der Waals surface area contributed by atoms with E-state index < -0.39 is 0 Å². The Balaban J connectivity index is 3.16. The van der Waals surface area contributed by atoms with Gasteiger partial charge in [-0.1, -0.05) is 38.5 Å². The summed E-state index contributed by atoms with van der Waals surface area (Å²) in [7, 11) is 0. The van der Waals surface area contributed by atoms with E-state index in [4.69, 9.17) is 15.6 Å². The fourth-order valence-electron chi connectivity index (χ4n) is 1.67. The van der Waals surface area contributed by atoms with Crippen LogP contribution in [0.5, 0.6) is 0 Å². The molecule has 0 unspecified atom stereocenters. The second-order valence-electron chi connectivity index (χ2n) is 4.61. The van der Waals surface area contributed by atoms with E-state index in [0.29, 0.717) is 18.9 Å². The summed E-state index contributed by atoms with van der Waals surface area (Å²) in [4.78, 5) is 11.1. The standard InChI is InChI=1S/C14H27NO3/c1-13(15)12-14(17)18-11-9-7-5-3-2-4-6-8-10-16/h12,16H,2-11,15H2,1H3/b13-12-. The summed E-state index contributed by atoms with van der Waals surface area (Å²) in [6.07, 6.45) is 10.2. The van der Waals surface area contributed by atoms with Gasteiger partial charge in [-0.2, -0.15) is 0 Å². The number of aliphatic hydroxyl groups is 1. The number of ether oxygens (including phenoxy) is 1. The molecule has 0 bridgehead atoms. The van der Waals surface area contributed by atoms with Gasteiger partial charge in [-0.15, -0.1) is 0 Å². The third-order valence-electron chi connectivity index (χ3n) is 2.64. The van der Waals surface area contributed by atoms with Crippen LogP contribution < -0.4 is 5.73 Å². The molecule has 0 aliphatic carbocycles. The van der Waals surface area contributed by atoms with E-state index in [2.05, 4.69) is 0 Å². The van der Waals surface area contributed by atoms with Gasteiger partial charge >= 0.3 is 5.97 Å². The van der Waals surface area contributed by atoms with E-state index in [-0.39, 0.29) is 5.97 Å². The molecule has 0 radical (unpaired) electrons. The van der Waals surface area contributed by atoms with Crippen molar-refractivity contribution in [1.82, 2.24) is 0 Å². The molecule has 18 heavy (non-hydrogen) atoms. The van der Waals surface area contributed by atoms with Crippen LogP contribution >= 0.6 is 0 Å². The largest absolute Gasteiger partial charge is 0.462 e. The van der Waals surface area contributed by atoms with Crippen molar-refractivity contribution >= 4 is 5.97 Å². The van der Waals surface area contributed by atoms with E-state index in [0.717, 1.165) is 25.7 Å². The fourth-order valence-corrected chi connectivity index (χ4v) is 1.67. The Morgan fingerprint density at radius 2 is 1.56 bits per heavy atom. The van der Waals surface area contributed by atoms with E-state index >= 15 is 0 Å². The Labute approximate surface area is 110 Å². The van der Waals surface area contributed by atoms with Crippen molar-refractivity contribution in [2.24, 2.45) is 5.73 Å². The number of nitrogens with two attached hydrogens (primary N) is 1. The van der Waals surface area contributed by atoms with Crippen molar-refractivity contribution in [3.05, 3.63) is 11.8 Å². The molecule has 4 heteroatoms. The van der Waals surface area contributed by atoms with Gasteiger partial charge in [0.05, 0.1) is 6.61 Å². The van der Waals surface area contributed by atoms with Crippen LogP contribution in [0.1, 0.15) is 58.3 Å². The van der Waals surface area contributed by atoms with E-state index in [1.54, 1.807) is 6.92 Å². The smallest absolute Gasteiger partial charge is 0.332 e. The van der Waals surface area contributed by atoms with Crippen molar-refractivity contribution in [1.29, 1.82) is 0 Å². The zero-order chi connectivity index (χ0) is 13.6. The molecule has 3 N–H and O–H groups in total. The highest BCUT2D eigenvalue weighted by molar-refractivity contribution is 5.82. The molecule has 0 saturated heterocycles. The number of carbonyl (C=O) groups excluding carboxylic acids is 1. The maximum atomic E-state index is 11.1. The van der Waals surface area contributed by atoms with Gasteiger partial charge in [-0.05, 0) is 19.8 Å². The average Bonchev–Trinajstić information content (AvgIpc) is 2.30. The lowest BCUT2D eigenvalue weighted by atomic mass is 10.1. The van der Waals surface area contributed by atoms with Gasteiger partial charge in [0, 0.05) is 18.4 Å². The maximum Gasteiger partial charge on any atom is 0.332 e. The molecule has 0 aliphatic heterocycles. The van der Waals surface area contributed by atoms with Crippen LogP contribution in [0.2, 0.25) is 0 Å². The third kappa shape index (κ3) is 13.0. The molecule has 0 aliphatic rings. The number of allylic oxidation sites excluding steroid dienone is 1. The predicted molar refractivity (Wildman–Crippen MR) is 72.9 cm³/mol. The van der Waals surface area contributed by atoms with Gasteiger partial charge in [0.25, 0.3) is 0 Å². The normalized spacial score (nSPS) is 11.6. The molecule has 0 aromatic rings. The molecule has 0 amide bonds. The van der Waals surface area contributed by atoms with Crippen LogP contribution in [0.3, 0.4) is 0 Å². The highest BCUT2D eigenvalue weighted by atomic mass is 16.5. The van der Waals surface area contributed by atoms with Gasteiger partial charge in [0.1, 0.15) is 0 Å². The zero-order valence-electron chi connectivity index (χ0n) is 11.5. The SMILES string of the molecule is C/C(N)=C/C(=O)OCCCCCCCCCCO. The summed E-state index contributed by atoms with van der Waals surface area (Å²) >= 11 is 0. The van der Waals surface area contributed by atoms with Gasteiger partial charge in [0.2, 0.25) is 0 Å². The molecule has 0 aromatic heterocycles. The lowest BCUT2D eigenvalue weighted by Gasteiger charge is -2.03. The second kappa shape index (κ2) is 12.4. The van der Waals surface area contributed by atoms with Gasteiger partial charge < -0.3 is 15.6 Å². The number of carbonyl (C=O) groups is 1. The molecular weight excluding hydrogens is 230 g/mol. The molecule has 0 spiro atoms. The van der Waals surface area contributed by atoms with Crippen molar-refractivity contribution in [3.63, 3.8) is 0 Å². The van der Waals surface area contributed by atoms with Crippen molar-refractivity contribution < 1.29 is 14.6 Å². The van der Waals surface area contributed by atoms with Crippen LogP contribution in [0.4, 0.5) is 0 Å². The maximum absolute atomic E-state index is 11.1. The highest BCUT2D eigenvalue weighted by Gasteiger charge is 1.97. The minimum Gasteiger partial charge on any atom is -0.462 e. The second-order valence-corrected chi connectivity index (χ2v) is 4.61. The van der Waals surface area contributed by atoms with Gasteiger partial charge in [-0.25, -0.2) is 4.79 Å². The summed E-state index contributed by atoms with van der Waals surface area (Å²) in [5.41, 5.74) is 5.83. The average molecular weight is 257 g/mol. The summed E-state index contributed by atoms with van der Waals surface area (Å²) in [6, 6.07) is 0. The fraction of sp³-hybridized carbons (Fsp3) is 0.786. The van der Waals surface area contributed by atoms with Crippen molar-refractivity contribution in [2.45, 2.75) is 58.3 Å². The Kier molecular flexibility index (Phi) is 11.7. The number of rotatable bonds is 11. The Morgan fingerprint density at radius 1 is 1.06 bits per heavy atom. The number of esters is 1. The summed E-state index contributed by atoms with van der Waals surface area (Å²) in [5, 5.41) is 8.61. The van der Waals surface area contributed by atoms with Crippen molar-refractivity contribution in [3.8, 4) is 0 Å². The molecule has 0 fully saturated rings. The van der Waals surface area contributed by atoms with Crippen LogP contribution in [0.25, 0.3) is 0 Å². The molecule has 0 rings (SSSR count). The quantitative estimate of drug-likeness (QED) is 0.339. The summed E-state index contributed by atoms with van der Waals surface area (Å²) in [6.45, 7) is 2.45. The van der Waals surface area contributed by atoms with Crippen molar-refractivity contribution in [2.75, 3.05) is 13.2 Å². The van der Waals surface area contributed by atoms with E-state index in [9.17, 15) is 4.79 Å². The predicted octanol–water partition coefficient (Wildman–Crippen LogP) is 2.51. The van der Waals surface area contributed by atoms with Crippen LogP contribution in [0.15, 0.2) is 11.8 Å². The molecule has 4 nitrogen and oxygen atoms in total. The van der Waals surface area contributed by atoms with E-state index in [1.807, 2.05) is 0 Å². The minimum atomic E-state index is -0.348. The molecule has 0 saturated carbocycles. The third-order valence-corrected chi connectivity index (χ3v) is 2.64. The first-order chi connectivity index (χ1) is 8.66. The Morgan fingerprint density at radius 3 is 2.06 bits per heavy atom. The lowest BCUT2D eigenvalue weighted by molar-refractivity contribution is -0.137. The summed E-state index contributed by atoms with van der Waals surface area (Å²) in [5.74, 6) is -0.348. The van der Waals surface area contributed by atoms with E-state index in [1.165, 1.54) is 31.8 Å². The summed E-state index contributed by atoms with van der Waals surface area (Å²) < 4.78 is 4.99. The first-order valence-electron chi connectivity index (χ1n) is 6.88. The Bertz CT molecular complexity index is 235. The number of hydrogen-bond donors (Lipinski definition) is 2. The molecule has 106 valence electrons. The highest BCUT2D eigenvalue weighted by Crippen LogP contribution is 2.08. The van der Waals surface area contributed by atoms with Gasteiger partial charge in [0.15, 0.2) is 0 Å². The van der Waals surface area contributed by atoms with Crippen LogP contribution in [-0.4, -0.2) is 24.3 Å². The number of unbranched alkanes of at least 4 members (excludes halogenated alkanes) is 7. The van der Waals surface area contributed by atoms with Crippen LogP contribution in [0, 0.1) is 0 Å². The monoisotopic (exact) mass is 257 g/mol. The molecule has 0 heterocycles. The zero-order valence-corrected chi connectivity index (χ0v) is 11.5. The van der Waals surface area contributed by atoms with Gasteiger partial charge in [-0.3, -0.25) is 0 Å². The minimum absolute atomic E-state index is 0.308. The number of aliphatic hydroxyl groups excluding tert-OH is 1. The molecule has 0 atom stereocenters. The number of hydrogen-bond acceptors (Lipinski definition) is 4.